The molecule has 0 aromatic heterocycles. The van der Waals surface area contributed by atoms with Crippen LogP contribution in [0.3, 0.4) is 0 Å². The summed E-state index contributed by atoms with van der Waals surface area (Å²) in [4.78, 5) is 13.8. The predicted octanol–water partition coefficient (Wildman–Crippen LogP) is 1.55. The van der Waals surface area contributed by atoms with Crippen molar-refractivity contribution < 1.29 is 9.53 Å². The number of benzene rings is 1. The highest BCUT2D eigenvalue weighted by atomic mass is 16.5. The zero-order valence-electron chi connectivity index (χ0n) is 11.3. The molecule has 0 atom stereocenters. The topological polar surface area (TPSA) is 103 Å². The first-order valence-corrected chi connectivity index (χ1v) is 6.10. The van der Waals surface area contributed by atoms with Gasteiger partial charge in [-0.25, -0.2) is 0 Å². The van der Waals surface area contributed by atoms with Crippen molar-refractivity contribution in [2.24, 2.45) is 0 Å². The number of rotatable bonds is 6. The molecule has 0 aliphatic heterocycles. The van der Waals surface area contributed by atoms with Crippen LogP contribution in [0.1, 0.15) is 23.2 Å². The van der Waals surface area contributed by atoms with Gasteiger partial charge in [-0.3, -0.25) is 4.79 Å². The van der Waals surface area contributed by atoms with Crippen LogP contribution < -0.4 is 10.5 Å². The monoisotopic (exact) mass is 272 g/mol. The van der Waals surface area contributed by atoms with E-state index in [0.717, 1.165) is 0 Å². The van der Waals surface area contributed by atoms with Gasteiger partial charge in [0.2, 0.25) is 0 Å². The van der Waals surface area contributed by atoms with Crippen LogP contribution in [0.5, 0.6) is 5.75 Å². The number of carbonyl (C=O) groups is 1. The Balaban J connectivity index is 2.96. The van der Waals surface area contributed by atoms with Crippen molar-refractivity contribution in [1.82, 2.24) is 4.90 Å². The SMILES string of the molecule is COc1cc(N)cc(C(=O)N(CCC#N)CCC#N)c1. The Morgan fingerprint density at radius 2 is 1.85 bits per heavy atom. The van der Waals surface area contributed by atoms with Gasteiger partial charge in [-0.15, -0.1) is 0 Å². The Morgan fingerprint density at radius 3 is 2.35 bits per heavy atom. The lowest BCUT2D eigenvalue weighted by atomic mass is 10.1. The van der Waals surface area contributed by atoms with Gasteiger partial charge in [-0.05, 0) is 12.1 Å². The minimum atomic E-state index is -0.263. The van der Waals surface area contributed by atoms with Gasteiger partial charge in [0, 0.05) is 30.4 Å². The van der Waals surface area contributed by atoms with Crippen LogP contribution in [0.4, 0.5) is 5.69 Å². The molecule has 1 aromatic rings. The molecule has 0 bridgehead atoms. The molecular formula is C14H16N4O2. The Morgan fingerprint density at radius 1 is 1.25 bits per heavy atom. The highest BCUT2D eigenvalue weighted by Crippen LogP contribution is 2.20. The highest BCUT2D eigenvalue weighted by molar-refractivity contribution is 5.95. The van der Waals surface area contributed by atoms with Crippen molar-refractivity contribution in [1.29, 1.82) is 10.5 Å². The Hall–Kier alpha value is -2.73. The molecule has 20 heavy (non-hydrogen) atoms. The average molecular weight is 272 g/mol. The lowest BCUT2D eigenvalue weighted by molar-refractivity contribution is 0.0762. The lowest BCUT2D eigenvalue weighted by Gasteiger charge is -2.20. The van der Waals surface area contributed by atoms with Crippen LogP contribution in [0, 0.1) is 22.7 Å². The van der Waals surface area contributed by atoms with E-state index < -0.39 is 0 Å². The molecule has 1 aromatic carbocycles. The summed E-state index contributed by atoms with van der Waals surface area (Å²) in [7, 11) is 1.49. The van der Waals surface area contributed by atoms with Crippen molar-refractivity contribution in [3.63, 3.8) is 0 Å². The van der Waals surface area contributed by atoms with E-state index in [-0.39, 0.29) is 31.8 Å². The number of hydrogen-bond donors (Lipinski definition) is 1. The normalized spacial score (nSPS) is 9.35. The quantitative estimate of drug-likeness (QED) is 0.791. The van der Waals surface area contributed by atoms with E-state index in [0.29, 0.717) is 17.0 Å². The molecule has 0 spiro atoms. The second kappa shape index (κ2) is 7.65. The first kappa shape index (κ1) is 15.3. The van der Waals surface area contributed by atoms with E-state index in [1.54, 1.807) is 18.2 Å². The van der Waals surface area contributed by atoms with Gasteiger partial charge in [0.15, 0.2) is 0 Å². The molecule has 0 aliphatic carbocycles. The molecule has 1 amide bonds. The van der Waals surface area contributed by atoms with Crippen LogP contribution in [-0.2, 0) is 0 Å². The average Bonchev–Trinajstić information content (AvgIpc) is 2.46. The van der Waals surface area contributed by atoms with Crippen molar-refractivity contribution in [2.75, 3.05) is 25.9 Å². The molecule has 0 aliphatic rings. The molecule has 2 N–H and O–H groups in total. The van der Waals surface area contributed by atoms with Crippen molar-refractivity contribution in [2.45, 2.75) is 12.8 Å². The number of nitriles is 2. The standard InChI is InChI=1S/C14H16N4O2/c1-20-13-9-11(8-12(17)10-13)14(19)18(6-2-4-15)7-3-5-16/h8-10H,2-3,6-7,17H2,1H3. The largest absolute Gasteiger partial charge is 0.497 e. The predicted molar refractivity (Wildman–Crippen MR) is 73.8 cm³/mol. The summed E-state index contributed by atoms with van der Waals surface area (Å²) in [5, 5.41) is 17.3. The van der Waals surface area contributed by atoms with Gasteiger partial charge in [0.05, 0.1) is 32.1 Å². The van der Waals surface area contributed by atoms with Gasteiger partial charge in [-0.1, -0.05) is 0 Å². The zero-order chi connectivity index (χ0) is 15.0. The zero-order valence-corrected chi connectivity index (χ0v) is 11.3. The minimum Gasteiger partial charge on any atom is -0.497 e. The van der Waals surface area contributed by atoms with E-state index in [1.165, 1.54) is 12.0 Å². The number of nitrogens with two attached hydrogens (primary N) is 1. The maximum atomic E-state index is 12.4. The second-order valence-corrected chi connectivity index (χ2v) is 4.10. The van der Waals surface area contributed by atoms with E-state index >= 15 is 0 Å². The number of carbonyl (C=O) groups excluding carboxylic acids is 1. The molecule has 104 valence electrons. The molecule has 0 fully saturated rings. The number of anilines is 1. The fourth-order valence-corrected chi connectivity index (χ4v) is 1.73. The third kappa shape index (κ3) is 4.18. The Kier molecular flexibility index (Phi) is 5.86. The highest BCUT2D eigenvalue weighted by Gasteiger charge is 2.16. The molecule has 1 rings (SSSR count). The minimum absolute atomic E-state index is 0.219. The molecule has 6 heteroatoms. The number of amides is 1. The summed E-state index contributed by atoms with van der Waals surface area (Å²) in [5.74, 6) is 0.231. The lowest BCUT2D eigenvalue weighted by Crippen LogP contribution is -2.32. The summed E-state index contributed by atoms with van der Waals surface area (Å²) in [6.45, 7) is 0.572. The molecule has 0 saturated carbocycles. The fraction of sp³-hybridized carbons (Fsp3) is 0.357. The summed E-state index contributed by atoms with van der Waals surface area (Å²) in [6, 6.07) is 8.73. The number of ether oxygens (including phenoxy) is 1. The molecular weight excluding hydrogens is 256 g/mol. The summed E-state index contributed by atoms with van der Waals surface area (Å²) in [6.07, 6.45) is 0.438. The summed E-state index contributed by atoms with van der Waals surface area (Å²) >= 11 is 0. The number of methoxy groups -OCH3 is 1. The summed E-state index contributed by atoms with van der Waals surface area (Å²) < 4.78 is 5.07. The van der Waals surface area contributed by atoms with Crippen LogP contribution in [0.25, 0.3) is 0 Å². The van der Waals surface area contributed by atoms with E-state index in [1.807, 2.05) is 12.1 Å². The van der Waals surface area contributed by atoms with E-state index in [9.17, 15) is 4.79 Å². The smallest absolute Gasteiger partial charge is 0.254 e. The Labute approximate surface area is 118 Å². The van der Waals surface area contributed by atoms with Crippen LogP contribution in [0.2, 0.25) is 0 Å². The third-order valence-electron chi connectivity index (χ3n) is 2.69. The molecule has 0 heterocycles. The van der Waals surface area contributed by atoms with Crippen LogP contribution in [-0.4, -0.2) is 31.0 Å². The third-order valence-corrected chi connectivity index (χ3v) is 2.69. The second-order valence-electron chi connectivity index (χ2n) is 4.10. The number of nitrogen functional groups attached to an aromatic ring is 1. The van der Waals surface area contributed by atoms with Crippen LogP contribution >= 0.6 is 0 Å². The van der Waals surface area contributed by atoms with Gasteiger partial charge >= 0.3 is 0 Å². The van der Waals surface area contributed by atoms with Crippen molar-refractivity contribution >= 4 is 11.6 Å². The van der Waals surface area contributed by atoms with E-state index in [4.69, 9.17) is 21.0 Å². The van der Waals surface area contributed by atoms with Gasteiger partial charge in [0.25, 0.3) is 5.91 Å². The number of nitrogens with zero attached hydrogens (tertiary/aromatic N) is 3. The van der Waals surface area contributed by atoms with Crippen molar-refractivity contribution in [3.8, 4) is 17.9 Å². The first-order valence-electron chi connectivity index (χ1n) is 6.10. The fourth-order valence-electron chi connectivity index (χ4n) is 1.73. The molecule has 0 unspecified atom stereocenters. The van der Waals surface area contributed by atoms with Crippen LogP contribution in [0.15, 0.2) is 18.2 Å². The Bertz CT molecular complexity index is 539. The molecule has 0 radical (unpaired) electrons. The maximum absolute atomic E-state index is 12.4. The van der Waals surface area contributed by atoms with E-state index in [2.05, 4.69) is 0 Å². The molecule has 0 saturated heterocycles. The van der Waals surface area contributed by atoms with Gasteiger partial charge < -0.3 is 15.4 Å². The number of hydrogen-bond acceptors (Lipinski definition) is 5. The van der Waals surface area contributed by atoms with Gasteiger partial charge in [-0.2, -0.15) is 10.5 Å². The van der Waals surface area contributed by atoms with Gasteiger partial charge in [0.1, 0.15) is 5.75 Å². The summed E-state index contributed by atoms with van der Waals surface area (Å²) in [5.41, 5.74) is 6.53. The van der Waals surface area contributed by atoms with Crippen molar-refractivity contribution in [3.05, 3.63) is 23.8 Å². The first-order chi connectivity index (χ1) is 9.62. The molecule has 6 nitrogen and oxygen atoms in total. The maximum Gasteiger partial charge on any atom is 0.254 e.